The van der Waals surface area contributed by atoms with Crippen LogP contribution in [0.5, 0.6) is 0 Å². The molecule has 60 valence electrons. The highest BCUT2D eigenvalue weighted by molar-refractivity contribution is 9.08. The van der Waals surface area contributed by atoms with Crippen molar-refractivity contribution in [1.82, 2.24) is 4.98 Å². The lowest BCUT2D eigenvalue weighted by molar-refractivity contribution is 1.35. The minimum Gasteiger partial charge on any atom is -0.264 e. The van der Waals surface area contributed by atoms with E-state index in [-0.39, 0.29) is 0 Å². The Bertz CT molecular complexity index is 392. The van der Waals surface area contributed by atoms with Crippen molar-refractivity contribution < 1.29 is 0 Å². The minimum atomic E-state index is 0.885. The predicted octanol–water partition coefficient (Wildman–Crippen LogP) is 3.13. The van der Waals surface area contributed by atoms with E-state index in [0.717, 1.165) is 5.33 Å². The fraction of sp³-hybridized carbons (Fsp3) is 0.100. The smallest absolute Gasteiger partial charge is 0.0349 e. The number of alkyl halides is 1. The standard InChI is InChI=1S/C10H8BrN/c11-6-9-3-1-2-8-4-5-12-7-10(8)9/h1-5,7H,6H2. The van der Waals surface area contributed by atoms with E-state index < -0.39 is 0 Å². The topological polar surface area (TPSA) is 12.9 Å². The Kier molecular flexibility index (Phi) is 2.09. The summed E-state index contributed by atoms with van der Waals surface area (Å²) in [5.41, 5.74) is 1.29. The van der Waals surface area contributed by atoms with Gasteiger partial charge in [0.2, 0.25) is 0 Å². The first-order valence-electron chi connectivity index (χ1n) is 3.79. The maximum absolute atomic E-state index is 4.10. The Morgan fingerprint density at radius 1 is 1.25 bits per heavy atom. The number of rotatable bonds is 1. The van der Waals surface area contributed by atoms with E-state index in [0.29, 0.717) is 0 Å². The van der Waals surface area contributed by atoms with Gasteiger partial charge in [0.05, 0.1) is 0 Å². The van der Waals surface area contributed by atoms with Crippen LogP contribution in [0.2, 0.25) is 0 Å². The highest BCUT2D eigenvalue weighted by atomic mass is 79.9. The molecular formula is C10H8BrN. The molecule has 0 spiro atoms. The van der Waals surface area contributed by atoms with E-state index in [2.05, 4.69) is 39.1 Å². The molecule has 2 heteroatoms. The molecule has 0 fully saturated rings. The molecule has 1 aromatic heterocycles. The van der Waals surface area contributed by atoms with Crippen molar-refractivity contribution in [3.63, 3.8) is 0 Å². The number of halogens is 1. The zero-order chi connectivity index (χ0) is 8.39. The highest BCUT2D eigenvalue weighted by Gasteiger charge is 1.97. The fourth-order valence-electron chi connectivity index (χ4n) is 1.29. The lowest BCUT2D eigenvalue weighted by Gasteiger charge is -2.00. The summed E-state index contributed by atoms with van der Waals surface area (Å²) in [5.74, 6) is 0. The van der Waals surface area contributed by atoms with Crippen LogP contribution in [0.3, 0.4) is 0 Å². The third kappa shape index (κ3) is 1.23. The molecule has 12 heavy (non-hydrogen) atoms. The molecule has 0 aliphatic heterocycles. The van der Waals surface area contributed by atoms with E-state index in [9.17, 15) is 0 Å². The normalized spacial score (nSPS) is 10.4. The van der Waals surface area contributed by atoms with Crippen molar-refractivity contribution in [1.29, 1.82) is 0 Å². The summed E-state index contributed by atoms with van der Waals surface area (Å²) in [6.45, 7) is 0. The second-order valence-corrected chi connectivity index (χ2v) is 3.21. The summed E-state index contributed by atoms with van der Waals surface area (Å²) in [7, 11) is 0. The van der Waals surface area contributed by atoms with Crippen LogP contribution in [0, 0.1) is 0 Å². The van der Waals surface area contributed by atoms with Crippen LogP contribution < -0.4 is 0 Å². The number of nitrogens with zero attached hydrogens (tertiary/aromatic N) is 1. The molecule has 2 rings (SSSR count). The van der Waals surface area contributed by atoms with Crippen LogP contribution in [-0.4, -0.2) is 4.98 Å². The Morgan fingerprint density at radius 2 is 2.17 bits per heavy atom. The monoisotopic (exact) mass is 221 g/mol. The summed E-state index contributed by atoms with van der Waals surface area (Å²) >= 11 is 3.45. The molecule has 1 nitrogen and oxygen atoms in total. The summed E-state index contributed by atoms with van der Waals surface area (Å²) in [5, 5.41) is 3.37. The fourth-order valence-corrected chi connectivity index (χ4v) is 1.78. The first kappa shape index (κ1) is 7.74. The van der Waals surface area contributed by atoms with Gasteiger partial charge in [0.1, 0.15) is 0 Å². The maximum Gasteiger partial charge on any atom is 0.0349 e. The summed E-state index contributed by atoms with van der Waals surface area (Å²) < 4.78 is 0. The van der Waals surface area contributed by atoms with Gasteiger partial charge < -0.3 is 0 Å². The van der Waals surface area contributed by atoms with E-state index in [1.54, 1.807) is 0 Å². The van der Waals surface area contributed by atoms with Gasteiger partial charge in [-0.2, -0.15) is 0 Å². The first-order valence-corrected chi connectivity index (χ1v) is 4.91. The number of aromatic nitrogens is 1. The van der Waals surface area contributed by atoms with Gasteiger partial charge in [-0.15, -0.1) is 0 Å². The molecular weight excluding hydrogens is 214 g/mol. The summed E-state index contributed by atoms with van der Waals surface area (Å²) in [6.07, 6.45) is 3.73. The maximum atomic E-state index is 4.10. The zero-order valence-electron chi connectivity index (χ0n) is 6.50. The van der Waals surface area contributed by atoms with Gasteiger partial charge in [0.25, 0.3) is 0 Å². The van der Waals surface area contributed by atoms with Crippen molar-refractivity contribution in [2.75, 3.05) is 0 Å². The lowest BCUT2D eigenvalue weighted by atomic mass is 10.1. The highest BCUT2D eigenvalue weighted by Crippen LogP contribution is 2.18. The lowest BCUT2D eigenvalue weighted by Crippen LogP contribution is -1.81. The molecule has 0 aliphatic carbocycles. The third-order valence-electron chi connectivity index (χ3n) is 1.92. The molecule has 1 heterocycles. The quantitative estimate of drug-likeness (QED) is 0.675. The van der Waals surface area contributed by atoms with E-state index in [4.69, 9.17) is 0 Å². The largest absolute Gasteiger partial charge is 0.264 e. The van der Waals surface area contributed by atoms with Crippen LogP contribution in [-0.2, 0) is 5.33 Å². The van der Waals surface area contributed by atoms with Crippen LogP contribution in [0.1, 0.15) is 5.56 Å². The van der Waals surface area contributed by atoms with Gasteiger partial charge in [-0.1, -0.05) is 34.1 Å². The second kappa shape index (κ2) is 3.23. The number of hydrogen-bond acceptors (Lipinski definition) is 1. The molecule has 0 saturated carbocycles. The predicted molar refractivity (Wildman–Crippen MR) is 54.4 cm³/mol. The van der Waals surface area contributed by atoms with Gasteiger partial charge >= 0.3 is 0 Å². The van der Waals surface area contributed by atoms with E-state index in [1.165, 1.54) is 16.3 Å². The molecule has 0 amide bonds. The average molecular weight is 222 g/mol. The van der Waals surface area contributed by atoms with Gasteiger partial charge in [-0.3, -0.25) is 4.98 Å². The Hall–Kier alpha value is -0.890. The van der Waals surface area contributed by atoms with Gasteiger partial charge in [0.15, 0.2) is 0 Å². The number of pyridine rings is 1. The Morgan fingerprint density at radius 3 is 3.00 bits per heavy atom. The molecule has 0 unspecified atom stereocenters. The van der Waals surface area contributed by atoms with Gasteiger partial charge in [-0.25, -0.2) is 0 Å². The van der Waals surface area contributed by atoms with E-state index >= 15 is 0 Å². The average Bonchev–Trinajstić information content (AvgIpc) is 2.17. The third-order valence-corrected chi connectivity index (χ3v) is 2.52. The molecule has 2 aromatic rings. The van der Waals surface area contributed by atoms with Crippen LogP contribution in [0.4, 0.5) is 0 Å². The summed E-state index contributed by atoms with van der Waals surface area (Å²) in [6, 6.07) is 8.31. The molecule has 0 bridgehead atoms. The minimum absolute atomic E-state index is 0.885. The zero-order valence-corrected chi connectivity index (χ0v) is 8.08. The van der Waals surface area contributed by atoms with Crippen molar-refractivity contribution in [3.8, 4) is 0 Å². The molecule has 0 aliphatic rings. The van der Waals surface area contributed by atoms with Gasteiger partial charge in [0, 0.05) is 23.1 Å². The number of benzene rings is 1. The van der Waals surface area contributed by atoms with Gasteiger partial charge in [-0.05, 0) is 17.0 Å². The van der Waals surface area contributed by atoms with Crippen LogP contribution >= 0.6 is 15.9 Å². The van der Waals surface area contributed by atoms with Crippen molar-refractivity contribution in [2.45, 2.75) is 5.33 Å². The molecule has 1 aromatic carbocycles. The summed E-state index contributed by atoms with van der Waals surface area (Å²) in [4.78, 5) is 4.10. The molecule has 0 N–H and O–H groups in total. The molecule has 0 radical (unpaired) electrons. The van der Waals surface area contributed by atoms with Crippen LogP contribution in [0.25, 0.3) is 10.8 Å². The number of hydrogen-bond donors (Lipinski definition) is 0. The second-order valence-electron chi connectivity index (χ2n) is 2.65. The molecule has 0 saturated heterocycles. The van der Waals surface area contributed by atoms with Crippen LogP contribution in [0.15, 0.2) is 36.7 Å². The van der Waals surface area contributed by atoms with Crippen molar-refractivity contribution in [2.24, 2.45) is 0 Å². The Balaban J connectivity index is 2.79. The SMILES string of the molecule is BrCc1cccc2ccncc12. The molecule has 0 atom stereocenters. The van der Waals surface area contributed by atoms with Crippen molar-refractivity contribution >= 4 is 26.7 Å². The number of fused-ring (bicyclic) bond motifs is 1. The van der Waals surface area contributed by atoms with Crippen molar-refractivity contribution in [3.05, 3.63) is 42.2 Å². The van der Waals surface area contributed by atoms with E-state index in [1.807, 2.05) is 18.5 Å². The first-order chi connectivity index (χ1) is 5.92. The Labute approximate surface area is 79.6 Å².